The largest absolute Gasteiger partial charge is 0.488 e. The Bertz CT molecular complexity index is 483. The average molecular weight is 247 g/mol. The zero-order valence-electron chi connectivity index (χ0n) is 10.0. The summed E-state index contributed by atoms with van der Waals surface area (Å²) in [5.74, 6) is 0.974. The van der Waals surface area contributed by atoms with Gasteiger partial charge in [-0.25, -0.2) is 0 Å². The predicted octanol–water partition coefficient (Wildman–Crippen LogP) is 4.54. The van der Waals surface area contributed by atoms with E-state index in [1.807, 2.05) is 30.3 Å². The van der Waals surface area contributed by atoms with Crippen LogP contribution in [-0.2, 0) is 6.61 Å². The molecular formula is C15H15ClO. The molecule has 0 radical (unpaired) electrons. The highest BCUT2D eigenvalue weighted by Crippen LogP contribution is 2.23. The minimum absolute atomic E-state index is 0.572. The molecule has 0 saturated carbocycles. The van der Waals surface area contributed by atoms with Gasteiger partial charge in [0.25, 0.3) is 0 Å². The van der Waals surface area contributed by atoms with Crippen molar-refractivity contribution >= 4 is 11.6 Å². The first kappa shape index (κ1) is 12.0. The summed E-state index contributed by atoms with van der Waals surface area (Å²) in [6, 6.07) is 13.9. The summed E-state index contributed by atoms with van der Waals surface area (Å²) in [5.41, 5.74) is 3.45. The summed E-state index contributed by atoms with van der Waals surface area (Å²) in [5, 5.41) is 0.751. The lowest BCUT2D eigenvalue weighted by Gasteiger charge is -2.11. The molecule has 2 heteroatoms. The Labute approximate surface area is 107 Å². The zero-order valence-corrected chi connectivity index (χ0v) is 10.8. The van der Waals surface area contributed by atoms with Crippen LogP contribution in [0.15, 0.2) is 42.5 Å². The molecule has 88 valence electrons. The smallest absolute Gasteiger partial charge is 0.125 e. The Kier molecular flexibility index (Phi) is 3.70. The quantitative estimate of drug-likeness (QED) is 0.773. The Balaban J connectivity index is 2.10. The lowest BCUT2D eigenvalue weighted by atomic mass is 10.1. The van der Waals surface area contributed by atoms with Crippen molar-refractivity contribution in [2.24, 2.45) is 0 Å². The standard InChI is InChI=1S/C15H15ClO/c1-11-4-3-5-12(2)15(11)17-10-13-6-8-14(16)9-7-13/h3-9H,10H2,1-2H3. The number of para-hydroxylation sites is 1. The maximum atomic E-state index is 5.85. The molecule has 0 N–H and O–H groups in total. The molecule has 17 heavy (non-hydrogen) atoms. The molecule has 0 aliphatic carbocycles. The molecular weight excluding hydrogens is 232 g/mol. The molecule has 0 aliphatic rings. The fraction of sp³-hybridized carbons (Fsp3) is 0.200. The van der Waals surface area contributed by atoms with Gasteiger partial charge in [-0.1, -0.05) is 41.9 Å². The van der Waals surface area contributed by atoms with E-state index in [0.717, 1.165) is 16.3 Å². The van der Waals surface area contributed by atoms with E-state index >= 15 is 0 Å². The van der Waals surface area contributed by atoms with Crippen LogP contribution < -0.4 is 4.74 Å². The first-order valence-electron chi connectivity index (χ1n) is 5.60. The zero-order chi connectivity index (χ0) is 12.3. The van der Waals surface area contributed by atoms with Crippen molar-refractivity contribution in [2.45, 2.75) is 20.5 Å². The van der Waals surface area contributed by atoms with E-state index in [0.29, 0.717) is 6.61 Å². The fourth-order valence-electron chi connectivity index (χ4n) is 1.76. The third-order valence-electron chi connectivity index (χ3n) is 2.71. The Morgan fingerprint density at radius 3 is 2.12 bits per heavy atom. The molecule has 0 spiro atoms. The van der Waals surface area contributed by atoms with Crippen molar-refractivity contribution < 1.29 is 4.74 Å². The van der Waals surface area contributed by atoms with Crippen LogP contribution in [0.4, 0.5) is 0 Å². The fourth-order valence-corrected chi connectivity index (χ4v) is 1.89. The van der Waals surface area contributed by atoms with Gasteiger partial charge in [-0.15, -0.1) is 0 Å². The first-order valence-corrected chi connectivity index (χ1v) is 5.98. The van der Waals surface area contributed by atoms with Crippen molar-refractivity contribution in [3.63, 3.8) is 0 Å². The van der Waals surface area contributed by atoms with Gasteiger partial charge in [0.15, 0.2) is 0 Å². The Morgan fingerprint density at radius 1 is 0.941 bits per heavy atom. The van der Waals surface area contributed by atoms with Crippen LogP contribution in [0.25, 0.3) is 0 Å². The average Bonchev–Trinajstić information content (AvgIpc) is 2.31. The van der Waals surface area contributed by atoms with Crippen LogP contribution in [-0.4, -0.2) is 0 Å². The predicted molar refractivity (Wildman–Crippen MR) is 71.7 cm³/mol. The van der Waals surface area contributed by atoms with E-state index < -0.39 is 0 Å². The molecule has 2 rings (SSSR count). The first-order chi connectivity index (χ1) is 8.16. The molecule has 0 aromatic heterocycles. The topological polar surface area (TPSA) is 9.23 Å². The highest BCUT2D eigenvalue weighted by atomic mass is 35.5. The molecule has 0 atom stereocenters. The van der Waals surface area contributed by atoms with E-state index in [9.17, 15) is 0 Å². The monoisotopic (exact) mass is 246 g/mol. The summed E-state index contributed by atoms with van der Waals surface area (Å²) in [7, 11) is 0. The normalized spacial score (nSPS) is 10.3. The summed E-state index contributed by atoms with van der Waals surface area (Å²) in [6.07, 6.45) is 0. The van der Waals surface area contributed by atoms with Crippen LogP contribution in [0.2, 0.25) is 5.02 Å². The highest BCUT2D eigenvalue weighted by Gasteiger charge is 2.03. The van der Waals surface area contributed by atoms with Gasteiger partial charge in [-0.2, -0.15) is 0 Å². The van der Waals surface area contributed by atoms with Gasteiger partial charge < -0.3 is 4.74 Å². The molecule has 0 aliphatic heterocycles. The summed E-state index contributed by atoms with van der Waals surface area (Å²) in [6.45, 7) is 4.69. The number of aryl methyl sites for hydroxylation is 2. The third kappa shape index (κ3) is 3.01. The lowest BCUT2D eigenvalue weighted by Crippen LogP contribution is -1.98. The minimum atomic E-state index is 0.572. The van der Waals surface area contributed by atoms with Gasteiger partial charge in [-0.05, 0) is 42.7 Å². The summed E-state index contributed by atoms with van der Waals surface area (Å²) >= 11 is 5.84. The molecule has 2 aromatic carbocycles. The van der Waals surface area contributed by atoms with E-state index in [-0.39, 0.29) is 0 Å². The molecule has 0 bridgehead atoms. The second kappa shape index (κ2) is 5.24. The maximum absolute atomic E-state index is 5.85. The number of hydrogen-bond acceptors (Lipinski definition) is 1. The van der Waals surface area contributed by atoms with Gasteiger partial charge in [0.05, 0.1) is 0 Å². The Morgan fingerprint density at radius 2 is 1.53 bits per heavy atom. The molecule has 0 unspecified atom stereocenters. The van der Waals surface area contributed by atoms with Crippen LogP contribution in [0.5, 0.6) is 5.75 Å². The van der Waals surface area contributed by atoms with Crippen molar-refractivity contribution in [1.29, 1.82) is 0 Å². The van der Waals surface area contributed by atoms with Crippen LogP contribution in [0.1, 0.15) is 16.7 Å². The van der Waals surface area contributed by atoms with Gasteiger partial charge in [0.1, 0.15) is 12.4 Å². The molecule has 2 aromatic rings. The third-order valence-corrected chi connectivity index (χ3v) is 2.96. The van der Waals surface area contributed by atoms with E-state index in [2.05, 4.69) is 26.0 Å². The molecule has 0 heterocycles. The number of halogens is 1. The second-order valence-corrected chi connectivity index (χ2v) is 4.57. The lowest BCUT2D eigenvalue weighted by molar-refractivity contribution is 0.302. The molecule has 0 saturated heterocycles. The van der Waals surface area contributed by atoms with Gasteiger partial charge in [0.2, 0.25) is 0 Å². The SMILES string of the molecule is Cc1cccc(C)c1OCc1ccc(Cl)cc1. The summed E-state index contributed by atoms with van der Waals surface area (Å²) in [4.78, 5) is 0. The summed E-state index contributed by atoms with van der Waals surface area (Å²) < 4.78 is 5.85. The molecule has 1 nitrogen and oxygen atoms in total. The van der Waals surface area contributed by atoms with E-state index in [4.69, 9.17) is 16.3 Å². The van der Waals surface area contributed by atoms with Gasteiger partial charge >= 0.3 is 0 Å². The molecule has 0 fully saturated rings. The Hall–Kier alpha value is -1.47. The van der Waals surface area contributed by atoms with Crippen LogP contribution in [0.3, 0.4) is 0 Å². The number of hydrogen-bond donors (Lipinski definition) is 0. The van der Waals surface area contributed by atoms with Crippen LogP contribution in [0, 0.1) is 13.8 Å². The van der Waals surface area contributed by atoms with Crippen molar-refractivity contribution in [3.8, 4) is 5.75 Å². The van der Waals surface area contributed by atoms with Crippen molar-refractivity contribution in [2.75, 3.05) is 0 Å². The van der Waals surface area contributed by atoms with Gasteiger partial charge in [0, 0.05) is 5.02 Å². The van der Waals surface area contributed by atoms with Gasteiger partial charge in [-0.3, -0.25) is 0 Å². The van der Waals surface area contributed by atoms with Crippen LogP contribution >= 0.6 is 11.6 Å². The highest BCUT2D eigenvalue weighted by molar-refractivity contribution is 6.30. The minimum Gasteiger partial charge on any atom is -0.488 e. The van der Waals surface area contributed by atoms with Crippen molar-refractivity contribution in [1.82, 2.24) is 0 Å². The van der Waals surface area contributed by atoms with E-state index in [1.54, 1.807) is 0 Å². The molecule has 0 amide bonds. The van der Waals surface area contributed by atoms with Crippen molar-refractivity contribution in [3.05, 3.63) is 64.2 Å². The maximum Gasteiger partial charge on any atom is 0.125 e. The number of rotatable bonds is 3. The van der Waals surface area contributed by atoms with E-state index in [1.165, 1.54) is 11.1 Å². The second-order valence-electron chi connectivity index (χ2n) is 4.14. The number of ether oxygens (including phenoxy) is 1. The number of benzene rings is 2.